The van der Waals surface area contributed by atoms with Crippen molar-refractivity contribution in [1.82, 2.24) is 9.97 Å². The lowest BCUT2D eigenvalue weighted by molar-refractivity contribution is 0.783. The Labute approximate surface area is 92.9 Å². The van der Waals surface area contributed by atoms with Crippen molar-refractivity contribution in [3.8, 4) is 0 Å². The van der Waals surface area contributed by atoms with Crippen LogP contribution in [0.2, 0.25) is 0 Å². The van der Waals surface area contributed by atoms with Gasteiger partial charge >= 0.3 is 0 Å². The topological polar surface area (TPSA) is 77.8 Å². The molecule has 0 amide bonds. The third-order valence-corrected chi connectivity index (χ3v) is 3.27. The molecule has 82 valence electrons. The van der Waals surface area contributed by atoms with Crippen LogP contribution in [0.3, 0.4) is 0 Å². The predicted molar refractivity (Wildman–Crippen MR) is 58.7 cm³/mol. The lowest BCUT2D eigenvalue weighted by Crippen LogP contribution is -2.23. The van der Waals surface area contributed by atoms with Crippen molar-refractivity contribution in [2.75, 3.05) is 18.0 Å². The molecule has 6 nitrogen and oxygen atoms in total. The second kappa shape index (κ2) is 3.64. The van der Waals surface area contributed by atoms with Crippen molar-refractivity contribution >= 4 is 5.95 Å². The number of nitrogens with zero attached hydrogens (tertiary/aromatic N) is 6. The van der Waals surface area contributed by atoms with Gasteiger partial charge in [0.15, 0.2) is 0 Å². The standard InChI is InChI=1S/C10H12N6/c11-15-14-4-7-2-12-10(13-3-7)16-5-8-1-9(8)6-16/h2-3,8-9H,1,4-6H2. The van der Waals surface area contributed by atoms with Crippen LogP contribution in [0.25, 0.3) is 10.4 Å². The average Bonchev–Trinajstić information content (AvgIpc) is 2.94. The van der Waals surface area contributed by atoms with Gasteiger partial charge in [0.1, 0.15) is 0 Å². The molecule has 2 atom stereocenters. The van der Waals surface area contributed by atoms with Gasteiger partial charge in [0.2, 0.25) is 5.95 Å². The van der Waals surface area contributed by atoms with Crippen LogP contribution in [0.4, 0.5) is 5.95 Å². The second-order valence-electron chi connectivity index (χ2n) is 4.44. The highest BCUT2D eigenvalue weighted by atomic mass is 15.3. The zero-order valence-corrected chi connectivity index (χ0v) is 8.82. The van der Waals surface area contributed by atoms with Gasteiger partial charge in [-0.2, -0.15) is 0 Å². The number of aromatic nitrogens is 2. The van der Waals surface area contributed by atoms with Crippen molar-refractivity contribution in [2.45, 2.75) is 13.0 Å². The predicted octanol–water partition coefficient (Wildman–Crippen LogP) is 1.74. The number of hydrogen-bond donors (Lipinski definition) is 0. The SMILES string of the molecule is [N-]=[N+]=NCc1cnc(N2CC3CC3C2)nc1. The van der Waals surface area contributed by atoms with Crippen molar-refractivity contribution in [3.05, 3.63) is 28.4 Å². The van der Waals surface area contributed by atoms with Crippen LogP contribution in [-0.4, -0.2) is 23.1 Å². The minimum atomic E-state index is 0.321. The zero-order chi connectivity index (χ0) is 11.0. The maximum absolute atomic E-state index is 8.20. The van der Waals surface area contributed by atoms with Gasteiger partial charge in [-0.15, -0.1) is 0 Å². The molecule has 2 aliphatic rings. The molecule has 0 N–H and O–H groups in total. The molecule has 1 aromatic rings. The summed E-state index contributed by atoms with van der Waals surface area (Å²) in [7, 11) is 0. The number of rotatable bonds is 3. The van der Waals surface area contributed by atoms with Gasteiger partial charge in [-0.25, -0.2) is 9.97 Å². The van der Waals surface area contributed by atoms with Gasteiger partial charge in [-0.05, 0) is 29.4 Å². The van der Waals surface area contributed by atoms with Crippen LogP contribution < -0.4 is 4.90 Å². The van der Waals surface area contributed by atoms with E-state index < -0.39 is 0 Å². The fourth-order valence-electron chi connectivity index (χ4n) is 2.27. The first-order chi connectivity index (χ1) is 7.86. The number of anilines is 1. The molecule has 0 bridgehead atoms. The molecular formula is C10H12N6. The second-order valence-corrected chi connectivity index (χ2v) is 4.44. The Morgan fingerprint density at radius 1 is 1.38 bits per heavy atom. The van der Waals surface area contributed by atoms with E-state index in [1.165, 1.54) is 6.42 Å². The smallest absolute Gasteiger partial charge is 0.225 e. The molecule has 1 aliphatic carbocycles. The van der Waals surface area contributed by atoms with Crippen LogP contribution in [0, 0.1) is 11.8 Å². The lowest BCUT2D eigenvalue weighted by Gasteiger charge is -2.17. The molecule has 16 heavy (non-hydrogen) atoms. The highest BCUT2D eigenvalue weighted by Gasteiger charge is 2.45. The third-order valence-electron chi connectivity index (χ3n) is 3.27. The summed E-state index contributed by atoms with van der Waals surface area (Å²) in [5.74, 6) is 2.56. The monoisotopic (exact) mass is 216 g/mol. The van der Waals surface area contributed by atoms with E-state index in [0.717, 1.165) is 36.4 Å². The molecule has 2 heterocycles. The molecule has 1 aliphatic heterocycles. The summed E-state index contributed by atoms with van der Waals surface area (Å²) in [4.78, 5) is 13.5. The molecule has 2 fully saturated rings. The molecule has 1 saturated heterocycles. The van der Waals surface area contributed by atoms with Crippen LogP contribution in [0.1, 0.15) is 12.0 Å². The summed E-state index contributed by atoms with van der Waals surface area (Å²) in [6, 6.07) is 0. The number of fused-ring (bicyclic) bond motifs is 1. The Hall–Kier alpha value is -1.81. The molecule has 0 spiro atoms. The highest BCUT2D eigenvalue weighted by Crippen LogP contribution is 2.45. The molecule has 1 aromatic heterocycles. The Morgan fingerprint density at radius 2 is 2.06 bits per heavy atom. The van der Waals surface area contributed by atoms with E-state index in [9.17, 15) is 0 Å². The Bertz CT molecular complexity index is 425. The molecular weight excluding hydrogens is 204 g/mol. The van der Waals surface area contributed by atoms with Crippen LogP contribution in [0.15, 0.2) is 17.5 Å². The summed E-state index contributed by atoms with van der Waals surface area (Å²) in [5.41, 5.74) is 9.05. The van der Waals surface area contributed by atoms with Crippen molar-refractivity contribution < 1.29 is 0 Å². The fraction of sp³-hybridized carbons (Fsp3) is 0.600. The molecule has 2 unspecified atom stereocenters. The van der Waals surface area contributed by atoms with E-state index in [4.69, 9.17) is 5.53 Å². The van der Waals surface area contributed by atoms with Crippen LogP contribution in [-0.2, 0) is 6.54 Å². The van der Waals surface area contributed by atoms with Gasteiger partial charge in [0, 0.05) is 30.4 Å². The van der Waals surface area contributed by atoms with Crippen LogP contribution >= 0.6 is 0 Å². The first-order valence-electron chi connectivity index (χ1n) is 5.43. The quantitative estimate of drug-likeness (QED) is 0.438. The number of piperidine rings is 1. The summed E-state index contributed by atoms with van der Waals surface area (Å²) < 4.78 is 0. The number of azide groups is 1. The van der Waals surface area contributed by atoms with Crippen LogP contribution in [0.5, 0.6) is 0 Å². The van der Waals surface area contributed by atoms with Gasteiger partial charge in [0.25, 0.3) is 0 Å². The van der Waals surface area contributed by atoms with Crippen molar-refractivity contribution in [2.24, 2.45) is 17.0 Å². The van der Waals surface area contributed by atoms with E-state index in [2.05, 4.69) is 24.9 Å². The van der Waals surface area contributed by atoms with Gasteiger partial charge < -0.3 is 4.90 Å². The Balaban J connectivity index is 1.69. The highest BCUT2D eigenvalue weighted by molar-refractivity contribution is 5.34. The summed E-state index contributed by atoms with van der Waals surface area (Å²) >= 11 is 0. The lowest BCUT2D eigenvalue weighted by atomic mass is 10.3. The number of hydrogen-bond acceptors (Lipinski definition) is 4. The summed E-state index contributed by atoms with van der Waals surface area (Å²) in [5, 5.41) is 3.48. The molecule has 3 rings (SSSR count). The maximum Gasteiger partial charge on any atom is 0.225 e. The van der Waals surface area contributed by atoms with Gasteiger partial charge in [0.05, 0.1) is 6.54 Å². The Morgan fingerprint density at radius 3 is 2.69 bits per heavy atom. The van der Waals surface area contributed by atoms with E-state index in [-0.39, 0.29) is 0 Å². The summed E-state index contributed by atoms with van der Waals surface area (Å²) in [6.45, 7) is 2.52. The van der Waals surface area contributed by atoms with Gasteiger partial charge in [-0.1, -0.05) is 5.11 Å². The molecule has 0 radical (unpaired) electrons. The summed E-state index contributed by atoms with van der Waals surface area (Å²) in [6.07, 6.45) is 4.85. The largest absolute Gasteiger partial charge is 0.340 e. The minimum Gasteiger partial charge on any atom is -0.340 e. The van der Waals surface area contributed by atoms with E-state index >= 15 is 0 Å². The first-order valence-corrected chi connectivity index (χ1v) is 5.43. The molecule has 0 aromatic carbocycles. The average molecular weight is 216 g/mol. The van der Waals surface area contributed by atoms with E-state index in [1.807, 2.05) is 0 Å². The van der Waals surface area contributed by atoms with Crippen molar-refractivity contribution in [1.29, 1.82) is 0 Å². The third kappa shape index (κ3) is 1.67. The van der Waals surface area contributed by atoms with E-state index in [0.29, 0.717) is 6.54 Å². The van der Waals surface area contributed by atoms with Crippen molar-refractivity contribution in [3.63, 3.8) is 0 Å². The fourth-order valence-corrected chi connectivity index (χ4v) is 2.27. The Kier molecular flexibility index (Phi) is 2.15. The van der Waals surface area contributed by atoms with E-state index in [1.54, 1.807) is 12.4 Å². The molecule has 1 saturated carbocycles. The zero-order valence-electron chi connectivity index (χ0n) is 8.82. The van der Waals surface area contributed by atoms with Gasteiger partial charge in [-0.3, -0.25) is 0 Å². The normalized spacial score (nSPS) is 26.1. The minimum absolute atomic E-state index is 0.321. The maximum atomic E-state index is 8.20. The molecule has 6 heteroatoms. The first kappa shape index (κ1) is 9.42.